The lowest BCUT2D eigenvalue weighted by Gasteiger charge is -2.17. The quantitative estimate of drug-likeness (QED) is 0.674. The van der Waals surface area contributed by atoms with E-state index in [1.807, 2.05) is 30.3 Å². The van der Waals surface area contributed by atoms with Crippen LogP contribution in [0.4, 0.5) is 0 Å². The molecule has 1 aliphatic heterocycles. The molecule has 1 saturated heterocycles. The summed E-state index contributed by atoms with van der Waals surface area (Å²) in [7, 11) is 0. The zero-order valence-corrected chi connectivity index (χ0v) is 16.1. The molecule has 2 atom stereocenters. The molecule has 2 aromatic carbocycles. The molecular weight excluding hydrogens is 342 g/mol. The number of rotatable bonds is 8. The molecule has 1 fully saturated rings. The topological polar surface area (TPSA) is 38.3 Å². The molecule has 1 amide bonds. The van der Waals surface area contributed by atoms with E-state index < -0.39 is 0 Å². The first kappa shape index (κ1) is 19.0. The van der Waals surface area contributed by atoms with Gasteiger partial charge in [0.05, 0.1) is 11.7 Å². The van der Waals surface area contributed by atoms with Crippen molar-refractivity contribution in [1.82, 2.24) is 5.32 Å². The maximum absolute atomic E-state index is 12.8. The Kier molecular flexibility index (Phi) is 7.15. The molecule has 0 radical (unpaired) electrons. The molecular formula is C22H27NO2S. The van der Waals surface area contributed by atoms with Gasteiger partial charge in [0.15, 0.2) is 0 Å². The molecule has 2 aromatic rings. The summed E-state index contributed by atoms with van der Waals surface area (Å²) in [4.78, 5) is 13.8. The molecule has 1 heterocycles. The molecule has 0 aliphatic carbocycles. The second-order valence-corrected chi connectivity index (χ2v) is 7.73. The van der Waals surface area contributed by atoms with E-state index in [1.54, 1.807) is 11.8 Å². The third kappa shape index (κ3) is 5.12. The van der Waals surface area contributed by atoms with Gasteiger partial charge in [-0.1, -0.05) is 49.4 Å². The number of carbonyl (C=O) groups excluding carboxylic acids is 1. The molecule has 26 heavy (non-hydrogen) atoms. The average Bonchev–Trinajstić information content (AvgIpc) is 3.21. The van der Waals surface area contributed by atoms with Crippen LogP contribution in [-0.4, -0.2) is 30.9 Å². The second-order valence-electron chi connectivity index (χ2n) is 6.67. The lowest BCUT2D eigenvalue weighted by atomic mass is 9.96. The van der Waals surface area contributed by atoms with Crippen LogP contribution in [0.2, 0.25) is 0 Å². The summed E-state index contributed by atoms with van der Waals surface area (Å²) in [6.07, 6.45) is 3.58. The lowest BCUT2D eigenvalue weighted by molar-refractivity contribution is 0.0947. The number of amides is 1. The SMILES string of the molecule is CCC(CNC(=O)c1ccccc1SCC1CCCO1)c1ccccc1. The van der Waals surface area contributed by atoms with Crippen LogP contribution in [0, 0.1) is 0 Å². The normalized spacial score (nSPS) is 17.8. The van der Waals surface area contributed by atoms with Gasteiger partial charge >= 0.3 is 0 Å². The smallest absolute Gasteiger partial charge is 0.252 e. The van der Waals surface area contributed by atoms with Gasteiger partial charge in [0.25, 0.3) is 5.91 Å². The lowest BCUT2D eigenvalue weighted by Crippen LogP contribution is -2.28. The first-order valence-corrected chi connectivity index (χ1v) is 10.4. The van der Waals surface area contributed by atoms with Crippen LogP contribution in [-0.2, 0) is 4.74 Å². The van der Waals surface area contributed by atoms with Crippen molar-refractivity contribution >= 4 is 17.7 Å². The van der Waals surface area contributed by atoms with Crippen LogP contribution < -0.4 is 5.32 Å². The number of benzene rings is 2. The highest BCUT2D eigenvalue weighted by Crippen LogP contribution is 2.27. The summed E-state index contributed by atoms with van der Waals surface area (Å²) >= 11 is 1.72. The Morgan fingerprint density at radius 2 is 1.96 bits per heavy atom. The Morgan fingerprint density at radius 3 is 2.69 bits per heavy atom. The predicted molar refractivity (Wildman–Crippen MR) is 108 cm³/mol. The largest absolute Gasteiger partial charge is 0.377 e. The number of thioether (sulfide) groups is 1. The average molecular weight is 370 g/mol. The molecule has 0 saturated carbocycles. The molecule has 0 spiro atoms. The summed E-state index contributed by atoms with van der Waals surface area (Å²) in [6, 6.07) is 18.3. The van der Waals surface area contributed by atoms with Gasteiger partial charge in [-0.05, 0) is 37.0 Å². The number of carbonyl (C=O) groups is 1. The molecule has 2 unspecified atom stereocenters. The highest BCUT2D eigenvalue weighted by Gasteiger charge is 2.18. The third-order valence-electron chi connectivity index (χ3n) is 4.85. The first-order valence-electron chi connectivity index (χ1n) is 9.44. The predicted octanol–water partition coefficient (Wildman–Crippen LogP) is 4.88. The van der Waals surface area contributed by atoms with E-state index in [9.17, 15) is 4.79 Å². The molecule has 0 aromatic heterocycles. The monoisotopic (exact) mass is 369 g/mol. The fourth-order valence-electron chi connectivity index (χ4n) is 3.27. The second kappa shape index (κ2) is 9.79. The number of ether oxygens (including phenoxy) is 1. The number of nitrogens with one attached hydrogen (secondary N) is 1. The highest BCUT2D eigenvalue weighted by molar-refractivity contribution is 7.99. The van der Waals surface area contributed by atoms with Crippen molar-refractivity contribution in [3.8, 4) is 0 Å². The van der Waals surface area contributed by atoms with E-state index in [0.717, 1.165) is 42.1 Å². The van der Waals surface area contributed by atoms with Crippen molar-refractivity contribution in [2.75, 3.05) is 18.9 Å². The van der Waals surface area contributed by atoms with Crippen LogP contribution in [0.15, 0.2) is 59.5 Å². The highest BCUT2D eigenvalue weighted by atomic mass is 32.2. The first-order chi connectivity index (χ1) is 12.8. The van der Waals surface area contributed by atoms with Gasteiger partial charge in [0.1, 0.15) is 0 Å². The van der Waals surface area contributed by atoms with Crippen molar-refractivity contribution < 1.29 is 9.53 Å². The van der Waals surface area contributed by atoms with Crippen LogP contribution >= 0.6 is 11.8 Å². The Bertz CT molecular complexity index is 698. The maximum Gasteiger partial charge on any atom is 0.252 e. The van der Waals surface area contributed by atoms with Crippen molar-refractivity contribution in [1.29, 1.82) is 0 Å². The van der Waals surface area contributed by atoms with Gasteiger partial charge in [0.2, 0.25) is 0 Å². The Labute approximate surface area is 160 Å². The molecule has 3 rings (SSSR count). The Hall–Kier alpha value is -1.78. The molecule has 3 nitrogen and oxygen atoms in total. The molecule has 138 valence electrons. The van der Waals surface area contributed by atoms with E-state index in [-0.39, 0.29) is 5.91 Å². The van der Waals surface area contributed by atoms with E-state index >= 15 is 0 Å². The van der Waals surface area contributed by atoms with Gasteiger partial charge < -0.3 is 10.1 Å². The van der Waals surface area contributed by atoms with Gasteiger partial charge in [-0.3, -0.25) is 4.79 Å². The van der Waals surface area contributed by atoms with E-state index in [4.69, 9.17) is 4.74 Å². The zero-order chi connectivity index (χ0) is 18.2. The van der Waals surface area contributed by atoms with Crippen molar-refractivity contribution in [3.63, 3.8) is 0 Å². The van der Waals surface area contributed by atoms with E-state index in [1.165, 1.54) is 5.56 Å². The number of hydrogen-bond donors (Lipinski definition) is 1. The summed E-state index contributed by atoms with van der Waals surface area (Å²) in [5.74, 6) is 1.26. The summed E-state index contributed by atoms with van der Waals surface area (Å²) in [5, 5.41) is 3.13. The van der Waals surface area contributed by atoms with Gasteiger partial charge in [0, 0.05) is 29.7 Å². The van der Waals surface area contributed by atoms with Crippen molar-refractivity contribution in [2.24, 2.45) is 0 Å². The third-order valence-corrected chi connectivity index (χ3v) is 6.06. The van der Waals surface area contributed by atoms with E-state index in [0.29, 0.717) is 18.6 Å². The molecule has 1 N–H and O–H groups in total. The fourth-order valence-corrected chi connectivity index (χ4v) is 4.39. The minimum atomic E-state index is 0.00909. The van der Waals surface area contributed by atoms with E-state index in [2.05, 4.69) is 36.5 Å². The van der Waals surface area contributed by atoms with Crippen LogP contribution in [0.1, 0.15) is 48.0 Å². The Morgan fingerprint density at radius 1 is 1.19 bits per heavy atom. The number of hydrogen-bond acceptors (Lipinski definition) is 3. The van der Waals surface area contributed by atoms with Crippen LogP contribution in [0.5, 0.6) is 0 Å². The maximum atomic E-state index is 12.8. The molecule has 0 bridgehead atoms. The van der Waals surface area contributed by atoms with Gasteiger partial charge in [-0.25, -0.2) is 0 Å². The minimum Gasteiger partial charge on any atom is -0.377 e. The summed E-state index contributed by atoms with van der Waals surface area (Å²) < 4.78 is 5.70. The summed E-state index contributed by atoms with van der Waals surface area (Å²) in [5.41, 5.74) is 2.04. The van der Waals surface area contributed by atoms with Crippen LogP contribution in [0.25, 0.3) is 0 Å². The van der Waals surface area contributed by atoms with Crippen molar-refractivity contribution in [3.05, 3.63) is 65.7 Å². The van der Waals surface area contributed by atoms with Crippen LogP contribution in [0.3, 0.4) is 0 Å². The summed E-state index contributed by atoms with van der Waals surface area (Å²) in [6.45, 7) is 3.69. The van der Waals surface area contributed by atoms with Gasteiger partial charge in [-0.15, -0.1) is 11.8 Å². The standard InChI is InChI=1S/C22H27NO2S/c1-2-17(18-9-4-3-5-10-18)15-23-22(24)20-12-6-7-13-21(20)26-16-19-11-8-14-25-19/h3-7,9-10,12-13,17,19H,2,8,11,14-16H2,1H3,(H,23,24). The molecule has 1 aliphatic rings. The van der Waals surface area contributed by atoms with Crippen molar-refractivity contribution in [2.45, 2.75) is 43.1 Å². The fraction of sp³-hybridized carbons (Fsp3) is 0.409. The zero-order valence-electron chi connectivity index (χ0n) is 15.3. The Balaban J connectivity index is 1.60. The molecule has 4 heteroatoms. The van der Waals surface area contributed by atoms with Gasteiger partial charge in [-0.2, -0.15) is 0 Å². The minimum absolute atomic E-state index is 0.00909.